The summed E-state index contributed by atoms with van der Waals surface area (Å²) >= 11 is 3.04. The van der Waals surface area contributed by atoms with Crippen LogP contribution >= 0.6 is 15.9 Å². The summed E-state index contributed by atoms with van der Waals surface area (Å²) in [4.78, 5) is 9.56. The maximum atomic E-state index is 12.2. The highest BCUT2D eigenvalue weighted by Gasteiger charge is 2.31. The molecule has 1 aliphatic rings. The number of hydrogen-bond donors (Lipinski definition) is 1. The van der Waals surface area contributed by atoms with E-state index in [0.717, 1.165) is 17.5 Å². The fourth-order valence-electron chi connectivity index (χ4n) is 1.77. The number of sulfonamides is 1. The van der Waals surface area contributed by atoms with Gasteiger partial charge in [0.25, 0.3) is 5.69 Å². The molecular weight excluding hydrogens is 388 g/mol. The van der Waals surface area contributed by atoms with Crippen molar-refractivity contribution in [2.24, 2.45) is 0 Å². The average Bonchev–Trinajstić information content (AvgIpc) is 2.67. The Labute approximate surface area is 129 Å². The van der Waals surface area contributed by atoms with Crippen molar-refractivity contribution >= 4 is 41.5 Å². The molecule has 0 fully saturated rings. The summed E-state index contributed by atoms with van der Waals surface area (Å²) in [5.41, 5.74) is -0.587. The third-order valence-electron chi connectivity index (χ3n) is 2.64. The molecule has 0 spiro atoms. The van der Waals surface area contributed by atoms with Crippen molar-refractivity contribution in [2.45, 2.75) is 10.9 Å². The van der Waals surface area contributed by atoms with Crippen LogP contribution in [0, 0.1) is 10.1 Å². The van der Waals surface area contributed by atoms with Gasteiger partial charge in [-0.25, -0.2) is 21.6 Å². The van der Waals surface area contributed by atoms with E-state index in [1.807, 2.05) is 0 Å². The number of rotatable bonds is 4. The predicted molar refractivity (Wildman–Crippen MR) is 77.8 cm³/mol. The van der Waals surface area contributed by atoms with E-state index in [-0.39, 0.29) is 0 Å². The van der Waals surface area contributed by atoms with Crippen LogP contribution in [-0.4, -0.2) is 33.6 Å². The predicted octanol–water partition coefficient (Wildman–Crippen LogP) is 0.946. The summed E-state index contributed by atoms with van der Waals surface area (Å²) in [6.07, 6.45) is 1.19. The molecule has 2 rings (SSSR count). The molecule has 21 heavy (non-hydrogen) atoms. The number of nitro benzene ring substituents is 1. The van der Waals surface area contributed by atoms with Crippen LogP contribution in [0.5, 0.6) is 0 Å². The van der Waals surface area contributed by atoms with Gasteiger partial charge in [0.15, 0.2) is 14.7 Å². The number of nitrogens with one attached hydrogen (secondary N) is 1. The molecule has 1 aromatic carbocycles. The first-order valence-electron chi connectivity index (χ1n) is 5.48. The Morgan fingerprint density at radius 3 is 2.57 bits per heavy atom. The van der Waals surface area contributed by atoms with Gasteiger partial charge in [-0.15, -0.1) is 0 Å². The van der Waals surface area contributed by atoms with Crippen LogP contribution in [0.4, 0.5) is 5.69 Å². The van der Waals surface area contributed by atoms with Gasteiger partial charge in [-0.1, -0.05) is 22.0 Å². The van der Waals surface area contributed by atoms with Gasteiger partial charge >= 0.3 is 0 Å². The van der Waals surface area contributed by atoms with E-state index in [1.54, 1.807) is 0 Å². The average molecular weight is 397 g/mol. The molecule has 1 heterocycles. The Balaban J connectivity index is 2.39. The minimum absolute atomic E-state index is 0.350. The SMILES string of the molecule is O=[N+]([O-])c1ccc(Br)cc1S(=O)(=O)NC1C=CS(=O)(=O)C1. The maximum Gasteiger partial charge on any atom is 0.289 e. The fraction of sp³-hybridized carbons (Fsp3) is 0.200. The van der Waals surface area contributed by atoms with Crippen molar-refractivity contribution in [3.63, 3.8) is 0 Å². The standard InChI is InChI=1S/C10H9BrN2O6S2/c11-7-1-2-9(13(14)15)10(5-7)21(18,19)12-8-3-4-20(16,17)6-8/h1-5,8,12H,6H2. The molecule has 114 valence electrons. The van der Waals surface area contributed by atoms with Crippen LogP contribution < -0.4 is 4.72 Å². The lowest BCUT2D eigenvalue weighted by Gasteiger charge is -2.11. The molecule has 1 aromatic rings. The van der Waals surface area contributed by atoms with Crippen molar-refractivity contribution in [1.29, 1.82) is 0 Å². The second kappa shape index (κ2) is 5.48. The molecule has 0 aliphatic carbocycles. The van der Waals surface area contributed by atoms with Crippen LogP contribution in [-0.2, 0) is 19.9 Å². The monoisotopic (exact) mass is 396 g/mol. The van der Waals surface area contributed by atoms with Gasteiger partial charge in [-0.3, -0.25) is 10.1 Å². The molecule has 0 aromatic heterocycles. The summed E-state index contributed by atoms with van der Waals surface area (Å²) in [5, 5.41) is 11.8. The van der Waals surface area contributed by atoms with Gasteiger partial charge in [0.1, 0.15) is 0 Å². The highest BCUT2D eigenvalue weighted by Crippen LogP contribution is 2.27. The van der Waals surface area contributed by atoms with Gasteiger partial charge in [0.2, 0.25) is 10.0 Å². The second-order valence-electron chi connectivity index (χ2n) is 4.25. The molecule has 1 aliphatic heterocycles. The zero-order valence-corrected chi connectivity index (χ0v) is 13.5. The first-order chi connectivity index (χ1) is 9.61. The van der Waals surface area contributed by atoms with E-state index in [9.17, 15) is 26.9 Å². The summed E-state index contributed by atoms with van der Waals surface area (Å²) < 4.78 is 49.4. The lowest BCUT2D eigenvalue weighted by Crippen LogP contribution is -2.35. The van der Waals surface area contributed by atoms with E-state index < -0.39 is 47.2 Å². The van der Waals surface area contributed by atoms with Crippen LogP contribution in [0.1, 0.15) is 0 Å². The third-order valence-corrected chi connectivity index (χ3v) is 6.05. The quantitative estimate of drug-likeness (QED) is 0.596. The fourth-order valence-corrected chi connectivity index (χ4v) is 5.01. The van der Waals surface area contributed by atoms with Gasteiger partial charge in [0.05, 0.1) is 16.7 Å². The number of sulfone groups is 1. The number of benzene rings is 1. The maximum absolute atomic E-state index is 12.2. The van der Waals surface area contributed by atoms with Crippen molar-refractivity contribution in [3.8, 4) is 0 Å². The van der Waals surface area contributed by atoms with Crippen LogP contribution in [0.15, 0.2) is 39.1 Å². The first-order valence-corrected chi connectivity index (χ1v) is 9.47. The van der Waals surface area contributed by atoms with Crippen molar-refractivity contribution in [3.05, 3.63) is 44.3 Å². The van der Waals surface area contributed by atoms with E-state index in [4.69, 9.17) is 0 Å². The third kappa shape index (κ3) is 3.67. The lowest BCUT2D eigenvalue weighted by atomic mass is 10.3. The Morgan fingerprint density at radius 2 is 2.05 bits per heavy atom. The van der Waals surface area contributed by atoms with Gasteiger partial charge in [0, 0.05) is 15.9 Å². The highest BCUT2D eigenvalue weighted by atomic mass is 79.9. The van der Waals surface area contributed by atoms with Crippen LogP contribution in [0.2, 0.25) is 0 Å². The zero-order chi connectivity index (χ0) is 15.8. The lowest BCUT2D eigenvalue weighted by molar-refractivity contribution is -0.387. The normalized spacial score (nSPS) is 20.5. The highest BCUT2D eigenvalue weighted by molar-refractivity contribution is 9.10. The topological polar surface area (TPSA) is 123 Å². The van der Waals surface area contributed by atoms with Crippen LogP contribution in [0.3, 0.4) is 0 Å². The molecule has 8 nitrogen and oxygen atoms in total. The molecular formula is C10H9BrN2O6S2. The molecule has 0 radical (unpaired) electrons. The Morgan fingerprint density at radius 1 is 1.38 bits per heavy atom. The zero-order valence-electron chi connectivity index (χ0n) is 10.3. The molecule has 0 amide bonds. The van der Waals surface area contributed by atoms with Crippen molar-refractivity contribution < 1.29 is 21.8 Å². The number of nitro groups is 1. The second-order valence-corrected chi connectivity index (χ2v) is 8.78. The van der Waals surface area contributed by atoms with Gasteiger partial charge in [-0.05, 0) is 12.1 Å². The molecule has 0 bridgehead atoms. The Kier molecular flexibility index (Phi) is 4.19. The summed E-state index contributed by atoms with van der Waals surface area (Å²) in [6.45, 7) is 0. The minimum Gasteiger partial charge on any atom is -0.258 e. The smallest absolute Gasteiger partial charge is 0.258 e. The molecule has 0 saturated heterocycles. The molecule has 1 atom stereocenters. The summed E-state index contributed by atoms with van der Waals surface area (Å²) in [5.74, 6) is -0.409. The number of hydrogen-bond acceptors (Lipinski definition) is 6. The van der Waals surface area contributed by atoms with E-state index in [0.29, 0.717) is 4.47 Å². The van der Waals surface area contributed by atoms with E-state index >= 15 is 0 Å². The minimum atomic E-state index is -4.23. The largest absolute Gasteiger partial charge is 0.289 e. The molecule has 1 N–H and O–H groups in total. The Hall–Kier alpha value is -1.30. The van der Waals surface area contributed by atoms with Gasteiger partial charge in [-0.2, -0.15) is 0 Å². The molecule has 11 heteroatoms. The molecule has 0 saturated carbocycles. The van der Waals surface area contributed by atoms with Gasteiger partial charge < -0.3 is 0 Å². The number of nitrogens with zero attached hydrogens (tertiary/aromatic N) is 1. The van der Waals surface area contributed by atoms with Crippen molar-refractivity contribution in [2.75, 3.05) is 5.75 Å². The Bertz CT molecular complexity index is 831. The van der Waals surface area contributed by atoms with Crippen LogP contribution in [0.25, 0.3) is 0 Å². The molecule has 1 unspecified atom stereocenters. The van der Waals surface area contributed by atoms with E-state index in [2.05, 4.69) is 20.7 Å². The first kappa shape index (κ1) is 16.1. The summed E-state index contributed by atoms with van der Waals surface area (Å²) in [6, 6.07) is 2.54. The van der Waals surface area contributed by atoms with Crippen molar-refractivity contribution in [1.82, 2.24) is 4.72 Å². The summed E-state index contributed by atoms with van der Waals surface area (Å²) in [7, 11) is -7.66. The van der Waals surface area contributed by atoms with E-state index in [1.165, 1.54) is 12.1 Å². The number of halogens is 1.